The van der Waals surface area contributed by atoms with Crippen molar-refractivity contribution in [2.24, 2.45) is 0 Å². The Morgan fingerprint density at radius 1 is 1.21 bits per heavy atom. The van der Waals surface area contributed by atoms with Crippen LogP contribution in [0.3, 0.4) is 0 Å². The smallest absolute Gasteiger partial charge is 0.106 e. The van der Waals surface area contributed by atoms with Crippen molar-refractivity contribution in [2.45, 2.75) is 33.7 Å². The molecule has 19 heavy (non-hydrogen) atoms. The van der Waals surface area contributed by atoms with Crippen LogP contribution >= 0.6 is 27.5 Å². The van der Waals surface area contributed by atoms with Gasteiger partial charge in [0.25, 0.3) is 0 Å². The second-order valence-corrected chi connectivity index (χ2v) is 6.08. The van der Waals surface area contributed by atoms with Crippen LogP contribution < -0.4 is 5.32 Å². The van der Waals surface area contributed by atoms with E-state index in [1.807, 2.05) is 32.9 Å². The normalized spacial score (nSPS) is 12.5. The molecular weight excluding hydrogens is 326 g/mol. The van der Waals surface area contributed by atoms with Crippen LogP contribution in [0.2, 0.25) is 5.02 Å². The zero-order valence-corrected chi connectivity index (χ0v) is 13.8. The number of halogens is 2. The SMILES string of the molecule is Cc1cc(C(C)Nc2cc(Cl)c(C)cc2Br)c(C)o1. The standard InChI is InChI=1S/C15H17BrClNO/c1-8-5-13(16)15(7-14(8)17)18-10(3)12-6-9(2)19-11(12)4/h5-7,10,18H,1-4H3. The van der Waals surface area contributed by atoms with Crippen LogP contribution in [0, 0.1) is 20.8 Å². The maximum Gasteiger partial charge on any atom is 0.106 e. The first-order chi connectivity index (χ1) is 8.88. The fourth-order valence-corrected chi connectivity index (χ4v) is 2.88. The molecule has 1 aromatic heterocycles. The van der Waals surface area contributed by atoms with Crippen LogP contribution in [0.4, 0.5) is 5.69 Å². The lowest BCUT2D eigenvalue weighted by Gasteiger charge is -2.17. The van der Waals surface area contributed by atoms with Crippen LogP contribution in [0.15, 0.2) is 27.1 Å². The Hall–Kier alpha value is -0.930. The van der Waals surface area contributed by atoms with Gasteiger partial charge in [0, 0.05) is 15.1 Å². The number of hydrogen-bond donors (Lipinski definition) is 1. The van der Waals surface area contributed by atoms with Gasteiger partial charge in [0.05, 0.1) is 11.7 Å². The second kappa shape index (κ2) is 5.59. The van der Waals surface area contributed by atoms with Gasteiger partial charge in [-0.3, -0.25) is 0 Å². The molecule has 2 nitrogen and oxygen atoms in total. The van der Waals surface area contributed by atoms with Crippen molar-refractivity contribution >= 4 is 33.2 Å². The molecule has 102 valence electrons. The molecule has 0 saturated heterocycles. The van der Waals surface area contributed by atoms with E-state index >= 15 is 0 Å². The van der Waals surface area contributed by atoms with Gasteiger partial charge in [-0.1, -0.05) is 11.6 Å². The van der Waals surface area contributed by atoms with Gasteiger partial charge in [0.15, 0.2) is 0 Å². The highest BCUT2D eigenvalue weighted by Crippen LogP contribution is 2.32. The van der Waals surface area contributed by atoms with E-state index in [0.29, 0.717) is 0 Å². The van der Waals surface area contributed by atoms with E-state index in [9.17, 15) is 0 Å². The summed E-state index contributed by atoms with van der Waals surface area (Å²) in [5.41, 5.74) is 3.21. The molecule has 0 radical (unpaired) electrons. The Balaban J connectivity index is 2.26. The van der Waals surface area contributed by atoms with E-state index in [-0.39, 0.29) is 6.04 Å². The minimum atomic E-state index is 0.160. The van der Waals surface area contributed by atoms with Crippen LogP contribution in [0.1, 0.15) is 35.6 Å². The van der Waals surface area contributed by atoms with Gasteiger partial charge in [0.2, 0.25) is 0 Å². The summed E-state index contributed by atoms with van der Waals surface area (Å²) in [6.07, 6.45) is 0. The first kappa shape index (κ1) is 14.5. The topological polar surface area (TPSA) is 25.2 Å². The highest BCUT2D eigenvalue weighted by Gasteiger charge is 2.14. The molecule has 0 amide bonds. The van der Waals surface area contributed by atoms with E-state index in [4.69, 9.17) is 16.0 Å². The van der Waals surface area contributed by atoms with Crippen molar-refractivity contribution in [3.63, 3.8) is 0 Å². The van der Waals surface area contributed by atoms with Gasteiger partial charge in [-0.15, -0.1) is 0 Å². The second-order valence-electron chi connectivity index (χ2n) is 4.82. The molecule has 0 aliphatic heterocycles. The molecule has 1 atom stereocenters. The molecule has 4 heteroatoms. The third-order valence-corrected chi connectivity index (χ3v) is 4.23. The van der Waals surface area contributed by atoms with E-state index in [2.05, 4.69) is 34.2 Å². The molecule has 1 heterocycles. The average molecular weight is 343 g/mol. The first-order valence-electron chi connectivity index (χ1n) is 6.17. The van der Waals surface area contributed by atoms with Crippen LogP contribution in [-0.4, -0.2) is 0 Å². The van der Waals surface area contributed by atoms with Crippen LogP contribution in [0.25, 0.3) is 0 Å². The summed E-state index contributed by atoms with van der Waals surface area (Å²) in [6, 6.07) is 6.19. The highest BCUT2D eigenvalue weighted by atomic mass is 79.9. The van der Waals surface area contributed by atoms with Crippen LogP contribution in [0.5, 0.6) is 0 Å². The molecule has 1 unspecified atom stereocenters. The van der Waals surface area contributed by atoms with Gasteiger partial charge in [-0.2, -0.15) is 0 Å². The number of nitrogens with one attached hydrogen (secondary N) is 1. The quantitative estimate of drug-likeness (QED) is 0.763. The van der Waals surface area contributed by atoms with E-state index < -0.39 is 0 Å². The summed E-state index contributed by atoms with van der Waals surface area (Å²) < 4.78 is 6.58. The van der Waals surface area contributed by atoms with E-state index in [1.165, 1.54) is 5.56 Å². The van der Waals surface area contributed by atoms with Crippen molar-refractivity contribution in [1.29, 1.82) is 0 Å². The van der Waals surface area contributed by atoms with Gasteiger partial charge in [0.1, 0.15) is 11.5 Å². The van der Waals surface area contributed by atoms with E-state index in [1.54, 1.807) is 0 Å². The predicted molar refractivity (Wildman–Crippen MR) is 84.1 cm³/mol. The van der Waals surface area contributed by atoms with Gasteiger partial charge in [-0.05, 0) is 67.4 Å². The minimum Gasteiger partial charge on any atom is -0.466 e. The monoisotopic (exact) mass is 341 g/mol. The first-order valence-corrected chi connectivity index (χ1v) is 7.34. The number of furan rings is 1. The summed E-state index contributed by atoms with van der Waals surface area (Å²) in [4.78, 5) is 0. The summed E-state index contributed by atoms with van der Waals surface area (Å²) in [7, 11) is 0. The summed E-state index contributed by atoms with van der Waals surface area (Å²) in [5, 5.41) is 4.22. The van der Waals surface area contributed by atoms with Crippen molar-refractivity contribution in [3.8, 4) is 0 Å². The summed E-state index contributed by atoms with van der Waals surface area (Å²) in [6.45, 7) is 8.04. The fourth-order valence-electron chi connectivity index (χ4n) is 2.15. The lowest BCUT2D eigenvalue weighted by atomic mass is 10.1. The van der Waals surface area contributed by atoms with Gasteiger partial charge >= 0.3 is 0 Å². The zero-order chi connectivity index (χ0) is 14.2. The third-order valence-electron chi connectivity index (χ3n) is 3.17. The number of anilines is 1. The molecule has 0 bridgehead atoms. The van der Waals surface area contributed by atoms with E-state index in [0.717, 1.165) is 32.3 Å². The Bertz CT molecular complexity index is 606. The summed E-state index contributed by atoms with van der Waals surface area (Å²) >= 11 is 9.73. The molecular formula is C15H17BrClNO. The maximum atomic E-state index is 6.17. The predicted octanol–water partition coefficient (Wildman–Crippen LogP) is 5.79. The van der Waals surface area contributed by atoms with Crippen LogP contribution in [-0.2, 0) is 0 Å². The van der Waals surface area contributed by atoms with Gasteiger partial charge < -0.3 is 9.73 Å². The third kappa shape index (κ3) is 3.15. The van der Waals surface area contributed by atoms with Crippen molar-refractivity contribution in [2.75, 3.05) is 5.32 Å². The molecule has 0 spiro atoms. The average Bonchev–Trinajstić information content (AvgIpc) is 2.65. The molecule has 0 aliphatic carbocycles. The number of hydrogen-bond acceptors (Lipinski definition) is 2. The maximum absolute atomic E-state index is 6.17. The molecule has 0 aliphatic rings. The van der Waals surface area contributed by atoms with Crippen molar-refractivity contribution < 1.29 is 4.42 Å². The highest BCUT2D eigenvalue weighted by molar-refractivity contribution is 9.10. The van der Waals surface area contributed by atoms with Gasteiger partial charge in [-0.25, -0.2) is 0 Å². The minimum absolute atomic E-state index is 0.160. The lowest BCUT2D eigenvalue weighted by molar-refractivity contribution is 0.500. The molecule has 2 aromatic rings. The molecule has 1 aromatic carbocycles. The zero-order valence-electron chi connectivity index (χ0n) is 11.5. The molecule has 0 saturated carbocycles. The fraction of sp³-hybridized carbons (Fsp3) is 0.333. The molecule has 0 fully saturated rings. The van der Waals surface area contributed by atoms with Crippen molar-refractivity contribution in [3.05, 3.63) is 50.3 Å². The Kier molecular flexibility index (Phi) is 4.26. The van der Waals surface area contributed by atoms with Crippen molar-refractivity contribution in [1.82, 2.24) is 0 Å². The molecule has 2 rings (SSSR count). The Morgan fingerprint density at radius 3 is 2.47 bits per heavy atom. The number of aryl methyl sites for hydroxylation is 3. The number of rotatable bonds is 3. The molecule has 1 N–H and O–H groups in total. The largest absolute Gasteiger partial charge is 0.466 e. The lowest BCUT2D eigenvalue weighted by Crippen LogP contribution is -2.07. The summed E-state index contributed by atoms with van der Waals surface area (Å²) in [5.74, 6) is 1.88. The number of benzene rings is 1. The Morgan fingerprint density at radius 2 is 1.89 bits per heavy atom. The Labute approximate surface area is 127 Å².